The molecule has 9 heteroatoms. The standard InChI is InChI=1S/C19H15BF2N2O3S/c21-14-7-11(10-1-3-12(4-2-10)20(26)27)8-15(22)17(14)18-23-16-5-6-28-9-13(16)19(25)24-18/h1-4,7-8,26-27H,5-6,9H2,(H,23,24,25). The minimum Gasteiger partial charge on any atom is -0.423 e. The Morgan fingerprint density at radius 2 is 1.75 bits per heavy atom. The van der Waals surface area contributed by atoms with Gasteiger partial charge in [-0.05, 0) is 40.9 Å². The summed E-state index contributed by atoms with van der Waals surface area (Å²) < 4.78 is 29.5. The van der Waals surface area contributed by atoms with Gasteiger partial charge < -0.3 is 15.0 Å². The molecule has 0 unspecified atom stereocenters. The Labute approximate surface area is 163 Å². The summed E-state index contributed by atoms with van der Waals surface area (Å²) in [5.41, 5.74) is 1.47. The van der Waals surface area contributed by atoms with E-state index in [4.69, 9.17) is 10.0 Å². The average Bonchev–Trinajstić information content (AvgIpc) is 2.67. The summed E-state index contributed by atoms with van der Waals surface area (Å²) >= 11 is 1.62. The second-order valence-corrected chi connectivity index (χ2v) is 7.56. The van der Waals surface area contributed by atoms with Crippen molar-refractivity contribution in [3.63, 3.8) is 0 Å². The van der Waals surface area contributed by atoms with Gasteiger partial charge in [-0.2, -0.15) is 11.8 Å². The molecular formula is C19H15BF2N2O3S. The van der Waals surface area contributed by atoms with Crippen LogP contribution in [0.15, 0.2) is 41.2 Å². The predicted molar refractivity (Wildman–Crippen MR) is 105 cm³/mol. The van der Waals surface area contributed by atoms with Gasteiger partial charge in [-0.3, -0.25) is 4.79 Å². The van der Waals surface area contributed by atoms with Gasteiger partial charge in [-0.1, -0.05) is 24.3 Å². The van der Waals surface area contributed by atoms with E-state index in [0.717, 1.165) is 17.9 Å². The van der Waals surface area contributed by atoms with Gasteiger partial charge in [0.25, 0.3) is 5.56 Å². The van der Waals surface area contributed by atoms with Gasteiger partial charge in [0.05, 0.1) is 11.3 Å². The van der Waals surface area contributed by atoms with Crippen molar-refractivity contribution in [3.05, 3.63) is 69.6 Å². The Morgan fingerprint density at radius 1 is 1.07 bits per heavy atom. The molecule has 0 atom stereocenters. The summed E-state index contributed by atoms with van der Waals surface area (Å²) in [7, 11) is -1.62. The largest absolute Gasteiger partial charge is 0.488 e. The molecule has 0 saturated heterocycles. The average molecular weight is 400 g/mol. The van der Waals surface area contributed by atoms with E-state index in [0.29, 0.717) is 29.0 Å². The summed E-state index contributed by atoms with van der Waals surface area (Å²) in [6.45, 7) is 0. The molecule has 5 nitrogen and oxygen atoms in total. The van der Waals surface area contributed by atoms with E-state index in [9.17, 15) is 13.6 Å². The van der Waals surface area contributed by atoms with Crippen LogP contribution in [0.2, 0.25) is 0 Å². The van der Waals surface area contributed by atoms with Crippen LogP contribution >= 0.6 is 11.8 Å². The first-order valence-electron chi connectivity index (χ1n) is 8.59. The lowest BCUT2D eigenvalue weighted by Gasteiger charge is -2.15. The van der Waals surface area contributed by atoms with Crippen LogP contribution in [0, 0.1) is 11.6 Å². The monoisotopic (exact) mass is 400 g/mol. The van der Waals surface area contributed by atoms with Crippen LogP contribution in [0.3, 0.4) is 0 Å². The normalized spacial score (nSPS) is 13.3. The predicted octanol–water partition coefficient (Wildman–Crippen LogP) is 1.85. The fraction of sp³-hybridized carbons (Fsp3) is 0.158. The Bertz CT molecular complexity index is 1080. The summed E-state index contributed by atoms with van der Waals surface area (Å²) in [6.07, 6.45) is 0.585. The molecule has 0 bridgehead atoms. The Hall–Kier alpha value is -2.49. The van der Waals surface area contributed by atoms with Crippen LogP contribution in [-0.4, -0.2) is 32.9 Å². The van der Waals surface area contributed by atoms with Crippen LogP contribution in [-0.2, 0) is 12.2 Å². The molecular weight excluding hydrogens is 385 g/mol. The van der Waals surface area contributed by atoms with Crippen LogP contribution in [0.4, 0.5) is 8.78 Å². The lowest BCUT2D eigenvalue weighted by molar-refractivity contribution is 0.426. The number of fused-ring (bicyclic) bond motifs is 1. The molecule has 4 rings (SSSR count). The van der Waals surface area contributed by atoms with E-state index < -0.39 is 18.8 Å². The molecule has 2 heterocycles. The van der Waals surface area contributed by atoms with Gasteiger partial charge in [0.1, 0.15) is 17.5 Å². The maximum absolute atomic E-state index is 14.8. The number of aryl methyl sites for hydroxylation is 1. The van der Waals surface area contributed by atoms with Crippen LogP contribution in [0.25, 0.3) is 22.5 Å². The van der Waals surface area contributed by atoms with E-state index in [1.807, 2.05) is 0 Å². The number of hydrogen-bond acceptors (Lipinski definition) is 5. The second kappa shape index (κ2) is 7.50. The smallest absolute Gasteiger partial charge is 0.423 e. The van der Waals surface area contributed by atoms with Gasteiger partial charge in [0.2, 0.25) is 0 Å². The number of nitrogens with one attached hydrogen (secondary N) is 1. The van der Waals surface area contributed by atoms with Gasteiger partial charge in [-0.25, -0.2) is 13.8 Å². The van der Waals surface area contributed by atoms with Crippen molar-refractivity contribution in [2.24, 2.45) is 0 Å². The third-order valence-corrected chi connectivity index (χ3v) is 5.64. The number of benzene rings is 2. The molecule has 0 amide bonds. The highest BCUT2D eigenvalue weighted by molar-refractivity contribution is 7.98. The molecule has 0 spiro atoms. The van der Waals surface area contributed by atoms with Crippen molar-refractivity contribution in [1.82, 2.24) is 9.97 Å². The quantitative estimate of drug-likeness (QED) is 0.585. The SMILES string of the molecule is O=c1[nH]c(-c2c(F)cc(-c3ccc(B(O)O)cc3)cc2F)nc2c1CSCC2. The van der Waals surface area contributed by atoms with Crippen molar-refractivity contribution in [2.45, 2.75) is 12.2 Å². The van der Waals surface area contributed by atoms with Crippen molar-refractivity contribution in [3.8, 4) is 22.5 Å². The maximum Gasteiger partial charge on any atom is 0.488 e. The molecule has 142 valence electrons. The molecule has 0 radical (unpaired) electrons. The topological polar surface area (TPSA) is 86.2 Å². The summed E-state index contributed by atoms with van der Waals surface area (Å²) in [6, 6.07) is 8.34. The number of aromatic nitrogens is 2. The third kappa shape index (κ3) is 3.48. The first-order valence-corrected chi connectivity index (χ1v) is 9.75. The molecule has 3 aromatic rings. The van der Waals surface area contributed by atoms with Crippen molar-refractivity contribution >= 4 is 24.3 Å². The van der Waals surface area contributed by atoms with Crippen LogP contribution < -0.4 is 11.0 Å². The minimum absolute atomic E-state index is 0.115. The van der Waals surface area contributed by atoms with E-state index in [2.05, 4.69) is 9.97 Å². The lowest BCUT2D eigenvalue weighted by atomic mass is 9.80. The van der Waals surface area contributed by atoms with E-state index in [1.165, 1.54) is 12.1 Å². The first-order chi connectivity index (χ1) is 13.4. The molecule has 1 aliphatic rings. The molecule has 0 saturated carbocycles. The number of thioether (sulfide) groups is 1. The van der Waals surface area contributed by atoms with E-state index in [-0.39, 0.29) is 28.0 Å². The zero-order valence-electron chi connectivity index (χ0n) is 14.6. The van der Waals surface area contributed by atoms with E-state index in [1.54, 1.807) is 23.9 Å². The molecule has 28 heavy (non-hydrogen) atoms. The highest BCUT2D eigenvalue weighted by Gasteiger charge is 2.21. The van der Waals surface area contributed by atoms with Crippen LogP contribution in [0.5, 0.6) is 0 Å². The number of rotatable bonds is 3. The fourth-order valence-corrected chi connectivity index (χ4v) is 4.16. The minimum atomic E-state index is -1.62. The third-order valence-electron chi connectivity index (χ3n) is 4.65. The molecule has 3 N–H and O–H groups in total. The zero-order valence-corrected chi connectivity index (χ0v) is 15.4. The van der Waals surface area contributed by atoms with Gasteiger partial charge in [0.15, 0.2) is 0 Å². The number of aromatic amines is 1. The van der Waals surface area contributed by atoms with Gasteiger partial charge in [0, 0.05) is 11.3 Å². The van der Waals surface area contributed by atoms with Crippen molar-refractivity contribution < 1.29 is 18.8 Å². The molecule has 2 aromatic carbocycles. The lowest BCUT2D eigenvalue weighted by Crippen LogP contribution is -2.29. The van der Waals surface area contributed by atoms with E-state index >= 15 is 0 Å². The Kier molecular flexibility index (Phi) is 5.05. The summed E-state index contributed by atoms with van der Waals surface area (Å²) in [5, 5.41) is 18.3. The van der Waals surface area contributed by atoms with Gasteiger partial charge >= 0.3 is 7.12 Å². The highest BCUT2D eigenvalue weighted by atomic mass is 32.2. The fourth-order valence-electron chi connectivity index (χ4n) is 3.18. The molecule has 1 aromatic heterocycles. The Morgan fingerprint density at radius 3 is 2.39 bits per heavy atom. The second-order valence-electron chi connectivity index (χ2n) is 6.45. The number of nitrogens with zero attached hydrogens (tertiary/aromatic N) is 1. The number of hydrogen-bond donors (Lipinski definition) is 3. The zero-order chi connectivity index (χ0) is 19.8. The number of halogens is 2. The summed E-state index contributed by atoms with van der Waals surface area (Å²) in [4.78, 5) is 19.1. The summed E-state index contributed by atoms with van der Waals surface area (Å²) in [5.74, 6) is -0.439. The van der Waals surface area contributed by atoms with Gasteiger partial charge in [-0.15, -0.1) is 0 Å². The van der Waals surface area contributed by atoms with Crippen LogP contribution in [0.1, 0.15) is 11.3 Å². The molecule has 0 aliphatic carbocycles. The molecule has 1 aliphatic heterocycles. The number of H-pyrrole nitrogens is 1. The van der Waals surface area contributed by atoms with Crippen molar-refractivity contribution in [2.75, 3.05) is 5.75 Å². The molecule has 0 fully saturated rings. The Balaban J connectivity index is 1.76. The highest BCUT2D eigenvalue weighted by Crippen LogP contribution is 2.30. The first kappa shape index (κ1) is 18.9. The van der Waals surface area contributed by atoms with Crippen molar-refractivity contribution in [1.29, 1.82) is 0 Å². The maximum atomic E-state index is 14.8.